The van der Waals surface area contributed by atoms with Gasteiger partial charge in [-0.15, -0.1) is 0 Å². The van der Waals surface area contributed by atoms with Crippen molar-refractivity contribution in [1.29, 1.82) is 0 Å². The molecule has 2 nitrogen and oxygen atoms in total. The Labute approximate surface area is 119 Å². The molecule has 0 atom stereocenters. The summed E-state index contributed by atoms with van der Waals surface area (Å²) < 4.78 is 5.40. The third-order valence-electron chi connectivity index (χ3n) is 4.07. The molecule has 0 fully saturated rings. The molecule has 1 aliphatic rings. The maximum atomic E-state index is 12.7. The molecule has 20 heavy (non-hydrogen) atoms. The van der Waals surface area contributed by atoms with Crippen LogP contribution in [0.3, 0.4) is 0 Å². The predicted octanol–water partition coefficient (Wildman–Crippen LogP) is 3.87. The minimum atomic E-state index is 0.0975. The Morgan fingerprint density at radius 1 is 0.900 bits per heavy atom. The number of carbonyl (C=O) groups excluding carboxylic acids is 1. The van der Waals surface area contributed by atoms with Crippen molar-refractivity contribution in [2.45, 2.75) is 34.0 Å². The number of benzene rings is 2. The second-order valence-electron chi connectivity index (χ2n) is 5.56. The number of hydrogen-bond donors (Lipinski definition) is 0. The maximum absolute atomic E-state index is 12.7. The van der Waals surface area contributed by atoms with Gasteiger partial charge in [0.2, 0.25) is 0 Å². The summed E-state index contributed by atoms with van der Waals surface area (Å²) in [5.74, 6) is 0.0975. The number of ether oxygens (including phenoxy) is 1. The van der Waals surface area contributed by atoms with E-state index in [1.807, 2.05) is 38.1 Å². The standard InChI is InChI=1S/C18H18O2/c1-11-6-13(3)17(7-12(11)2)18(19)14-4-5-15-9-20-10-16(15)8-14/h4-8H,9-10H2,1-3H3. The Balaban J connectivity index is 2.03. The second kappa shape index (κ2) is 4.88. The average molecular weight is 266 g/mol. The van der Waals surface area contributed by atoms with Gasteiger partial charge in [0.25, 0.3) is 0 Å². The third kappa shape index (κ3) is 2.16. The van der Waals surface area contributed by atoms with E-state index in [-0.39, 0.29) is 5.78 Å². The SMILES string of the molecule is Cc1cc(C)c(C(=O)c2ccc3c(c2)COC3)cc1C. The van der Waals surface area contributed by atoms with E-state index in [4.69, 9.17) is 4.74 Å². The van der Waals surface area contributed by atoms with Gasteiger partial charge in [-0.05, 0) is 60.7 Å². The van der Waals surface area contributed by atoms with E-state index < -0.39 is 0 Å². The summed E-state index contributed by atoms with van der Waals surface area (Å²) in [6.07, 6.45) is 0. The third-order valence-corrected chi connectivity index (χ3v) is 4.07. The zero-order valence-electron chi connectivity index (χ0n) is 12.1. The Hall–Kier alpha value is -1.93. The molecular weight excluding hydrogens is 248 g/mol. The molecule has 0 bridgehead atoms. The number of rotatable bonds is 2. The monoisotopic (exact) mass is 266 g/mol. The van der Waals surface area contributed by atoms with Crippen molar-refractivity contribution in [2.24, 2.45) is 0 Å². The van der Waals surface area contributed by atoms with Gasteiger partial charge in [0, 0.05) is 11.1 Å². The molecule has 2 aromatic rings. The van der Waals surface area contributed by atoms with Crippen LogP contribution >= 0.6 is 0 Å². The minimum absolute atomic E-state index is 0.0975. The number of aryl methyl sites for hydroxylation is 3. The molecule has 1 heterocycles. The summed E-state index contributed by atoms with van der Waals surface area (Å²) in [5, 5.41) is 0. The molecule has 0 N–H and O–H groups in total. The molecule has 0 radical (unpaired) electrons. The highest BCUT2D eigenvalue weighted by Crippen LogP contribution is 2.24. The van der Waals surface area contributed by atoms with E-state index >= 15 is 0 Å². The van der Waals surface area contributed by atoms with E-state index in [9.17, 15) is 4.79 Å². The highest BCUT2D eigenvalue weighted by atomic mass is 16.5. The fourth-order valence-electron chi connectivity index (χ4n) is 2.67. The lowest BCUT2D eigenvalue weighted by molar-refractivity contribution is 0.103. The van der Waals surface area contributed by atoms with Crippen molar-refractivity contribution in [1.82, 2.24) is 0 Å². The lowest BCUT2D eigenvalue weighted by Crippen LogP contribution is -2.05. The van der Waals surface area contributed by atoms with Gasteiger partial charge in [-0.2, -0.15) is 0 Å². The highest BCUT2D eigenvalue weighted by Gasteiger charge is 2.17. The molecule has 0 aromatic heterocycles. The molecule has 0 aliphatic carbocycles. The summed E-state index contributed by atoms with van der Waals surface area (Å²) in [6, 6.07) is 9.96. The molecule has 0 amide bonds. The lowest BCUT2D eigenvalue weighted by Gasteiger charge is -2.10. The van der Waals surface area contributed by atoms with Crippen LogP contribution in [-0.4, -0.2) is 5.78 Å². The average Bonchev–Trinajstić information content (AvgIpc) is 2.89. The van der Waals surface area contributed by atoms with Gasteiger partial charge in [0.05, 0.1) is 13.2 Å². The van der Waals surface area contributed by atoms with Crippen molar-refractivity contribution in [3.05, 3.63) is 69.3 Å². The Morgan fingerprint density at radius 3 is 2.40 bits per heavy atom. The highest BCUT2D eigenvalue weighted by molar-refractivity contribution is 6.10. The Kier molecular flexibility index (Phi) is 3.19. The first kappa shape index (κ1) is 13.1. The number of fused-ring (bicyclic) bond motifs is 1. The van der Waals surface area contributed by atoms with Gasteiger partial charge < -0.3 is 4.74 Å². The molecule has 0 saturated carbocycles. The molecular formula is C18H18O2. The van der Waals surface area contributed by atoms with E-state index in [1.54, 1.807) is 0 Å². The summed E-state index contributed by atoms with van der Waals surface area (Å²) in [5.41, 5.74) is 7.29. The van der Waals surface area contributed by atoms with Gasteiger partial charge in [-0.3, -0.25) is 4.79 Å². The second-order valence-corrected chi connectivity index (χ2v) is 5.56. The first-order valence-electron chi connectivity index (χ1n) is 6.88. The zero-order chi connectivity index (χ0) is 14.3. The first-order chi connectivity index (χ1) is 9.56. The minimum Gasteiger partial charge on any atom is -0.372 e. The fourth-order valence-corrected chi connectivity index (χ4v) is 2.67. The van der Waals surface area contributed by atoms with Gasteiger partial charge in [-0.25, -0.2) is 0 Å². The van der Waals surface area contributed by atoms with Crippen LogP contribution in [0.25, 0.3) is 0 Å². The van der Waals surface area contributed by atoms with Crippen LogP contribution in [0.4, 0.5) is 0 Å². The van der Waals surface area contributed by atoms with Crippen LogP contribution in [0.1, 0.15) is 43.7 Å². The number of carbonyl (C=O) groups is 1. The number of ketones is 1. The molecule has 0 unspecified atom stereocenters. The van der Waals surface area contributed by atoms with Gasteiger partial charge in [-0.1, -0.05) is 18.2 Å². The summed E-state index contributed by atoms with van der Waals surface area (Å²) >= 11 is 0. The van der Waals surface area contributed by atoms with E-state index in [0.717, 1.165) is 27.8 Å². The van der Waals surface area contributed by atoms with Crippen molar-refractivity contribution in [2.75, 3.05) is 0 Å². The predicted molar refractivity (Wildman–Crippen MR) is 79.0 cm³/mol. The van der Waals surface area contributed by atoms with Crippen LogP contribution in [0.5, 0.6) is 0 Å². The van der Waals surface area contributed by atoms with Crippen LogP contribution in [0.15, 0.2) is 30.3 Å². The van der Waals surface area contributed by atoms with Crippen LogP contribution < -0.4 is 0 Å². The molecule has 102 valence electrons. The quantitative estimate of drug-likeness (QED) is 0.771. The molecule has 2 aromatic carbocycles. The molecule has 1 aliphatic heterocycles. The van der Waals surface area contributed by atoms with Gasteiger partial charge in [0.1, 0.15) is 0 Å². The largest absolute Gasteiger partial charge is 0.372 e. The normalized spacial score (nSPS) is 13.3. The Morgan fingerprint density at radius 2 is 1.60 bits per heavy atom. The topological polar surface area (TPSA) is 26.3 Å². The van der Waals surface area contributed by atoms with Crippen LogP contribution in [0.2, 0.25) is 0 Å². The zero-order valence-corrected chi connectivity index (χ0v) is 12.1. The van der Waals surface area contributed by atoms with E-state index in [0.29, 0.717) is 13.2 Å². The van der Waals surface area contributed by atoms with Crippen molar-refractivity contribution < 1.29 is 9.53 Å². The smallest absolute Gasteiger partial charge is 0.193 e. The number of hydrogen-bond acceptors (Lipinski definition) is 2. The van der Waals surface area contributed by atoms with Gasteiger partial charge in [0.15, 0.2) is 5.78 Å². The van der Waals surface area contributed by atoms with Crippen molar-refractivity contribution in [3.63, 3.8) is 0 Å². The van der Waals surface area contributed by atoms with E-state index in [2.05, 4.69) is 13.0 Å². The lowest BCUT2D eigenvalue weighted by atomic mass is 9.93. The summed E-state index contributed by atoms with van der Waals surface area (Å²) in [6.45, 7) is 7.39. The van der Waals surface area contributed by atoms with Crippen molar-refractivity contribution in [3.8, 4) is 0 Å². The molecule has 0 saturated heterocycles. The van der Waals surface area contributed by atoms with E-state index in [1.165, 1.54) is 11.1 Å². The molecule has 2 heteroatoms. The van der Waals surface area contributed by atoms with Gasteiger partial charge >= 0.3 is 0 Å². The Bertz CT molecular complexity index is 699. The van der Waals surface area contributed by atoms with Crippen molar-refractivity contribution >= 4 is 5.78 Å². The fraction of sp³-hybridized carbons (Fsp3) is 0.278. The van der Waals surface area contributed by atoms with Crippen LogP contribution in [0, 0.1) is 20.8 Å². The van der Waals surface area contributed by atoms with Crippen LogP contribution in [-0.2, 0) is 18.0 Å². The molecule has 0 spiro atoms. The maximum Gasteiger partial charge on any atom is 0.193 e. The first-order valence-corrected chi connectivity index (χ1v) is 6.88. The summed E-state index contributed by atoms with van der Waals surface area (Å²) in [4.78, 5) is 12.7. The molecule has 3 rings (SSSR count). The summed E-state index contributed by atoms with van der Waals surface area (Å²) in [7, 11) is 0.